The van der Waals surface area contributed by atoms with E-state index in [1.54, 1.807) is 0 Å². The Labute approximate surface area is 259 Å². The van der Waals surface area contributed by atoms with E-state index in [0.29, 0.717) is 0 Å². The molecule has 0 spiro atoms. The van der Waals surface area contributed by atoms with Crippen LogP contribution in [0.1, 0.15) is 38.9 Å². The molecule has 0 amide bonds. The van der Waals surface area contributed by atoms with Gasteiger partial charge in [-0.05, 0) is 59.5 Å². The first-order valence-corrected chi connectivity index (χ1v) is 18.8. The highest BCUT2D eigenvalue weighted by molar-refractivity contribution is 7.00. The van der Waals surface area contributed by atoms with Crippen LogP contribution in [-0.4, -0.2) is 19.6 Å². The van der Waals surface area contributed by atoms with Crippen LogP contribution in [0.15, 0.2) is 133 Å². The zero-order valence-corrected chi connectivity index (χ0v) is 27.2. The normalized spacial score (nSPS) is 14.0. The number of hydrogen-bond acceptors (Lipinski definition) is 1. The molecular formula is C40H40BNSi. The minimum atomic E-state index is -2.05. The molecule has 0 unspecified atom stereocenters. The molecule has 1 heterocycles. The van der Waals surface area contributed by atoms with Crippen molar-refractivity contribution in [2.75, 3.05) is 0 Å². The molecule has 3 heteroatoms. The second-order valence-electron chi connectivity index (χ2n) is 12.7. The van der Waals surface area contributed by atoms with Crippen molar-refractivity contribution in [3.63, 3.8) is 0 Å². The molecule has 1 nitrogen and oxygen atoms in total. The van der Waals surface area contributed by atoms with E-state index in [0.717, 1.165) is 0 Å². The topological polar surface area (TPSA) is 3.24 Å². The van der Waals surface area contributed by atoms with Gasteiger partial charge in [-0.25, -0.2) is 0 Å². The quantitative estimate of drug-likeness (QED) is 0.183. The SMILES string of the molecule is Cc1cc(C)c(B2C(c3ccccc3)=C(c3ccccc3)C(c3ccccc3)=C(c3ccccc3)N2[Si](C)(C)C)c(C)c1. The molecule has 5 aromatic rings. The highest BCUT2D eigenvalue weighted by atomic mass is 28.3. The highest BCUT2D eigenvalue weighted by Crippen LogP contribution is 2.50. The molecule has 0 bridgehead atoms. The monoisotopic (exact) mass is 573 g/mol. The summed E-state index contributed by atoms with van der Waals surface area (Å²) in [5.41, 5.74) is 15.8. The number of aryl methyl sites for hydroxylation is 3. The van der Waals surface area contributed by atoms with Gasteiger partial charge in [0.1, 0.15) is 8.24 Å². The first-order valence-electron chi connectivity index (χ1n) is 15.3. The van der Waals surface area contributed by atoms with E-state index in [9.17, 15) is 0 Å². The van der Waals surface area contributed by atoms with Crippen molar-refractivity contribution in [1.29, 1.82) is 0 Å². The maximum absolute atomic E-state index is 2.85. The predicted molar refractivity (Wildman–Crippen MR) is 191 cm³/mol. The summed E-state index contributed by atoms with van der Waals surface area (Å²) in [5, 5.41) is 0. The third-order valence-corrected chi connectivity index (χ3v) is 10.4. The van der Waals surface area contributed by atoms with Crippen LogP contribution in [-0.2, 0) is 0 Å². The second-order valence-corrected chi connectivity index (χ2v) is 17.6. The Balaban J connectivity index is 1.89. The Bertz CT molecular complexity index is 1780. The van der Waals surface area contributed by atoms with Gasteiger partial charge in [0.15, 0.2) is 0 Å². The van der Waals surface area contributed by atoms with Gasteiger partial charge in [-0.3, -0.25) is 0 Å². The molecule has 0 saturated carbocycles. The standard InChI is InChI=1S/C40H40BNSi/c1-29-27-30(2)38(31(3)28-29)41-39(34-23-15-9-16-24-34)36(32-19-11-7-12-20-32)37(33-21-13-8-14-22-33)40(42(41)43(4,5)6)35-25-17-10-18-26-35/h7-28H,1-6H3. The minimum absolute atomic E-state index is 0.0486. The van der Waals surface area contributed by atoms with Gasteiger partial charge in [-0.2, -0.15) is 0 Å². The summed E-state index contributed by atoms with van der Waals surface area (Å²) in [4.78, 5) is 0. The summed E-state index contributed by atoms with van der Waals surface area (Å²) < 4.78 is 2.85. The van der Waals surface area contributed by atoms with Gasteiger partial charge in [0.2, 0.25) is 0 Å². The maximum Gasteiger partial charge on any atom is 0.316 e. The molecule has 43 heavy (non-hydrogen) atoms. The third kappa shape index (κ3) is 5.46. The Morgan fingerprint density at radius 3 is 1.33 bits per heavy atom. The van der Waals surface area contributed by atoms with E-state index >= 15 is 0 Å². The van der Waals surface area contributed by atoms with E-state index < -0.39 is 8.24 Å². The van der Waals surface area contributed by atoms with Gasteiger partial charge in [0, 0.05) is 11.3 Å². The van der Waals surface area contributed by atoms with Crippen LogP contribution < -0.4 is 5.46 Å². The second kappa shape index (κ2) is 11.7. The molecule has 0 aliphatic carbocycles. The van der Waals surface area contributed by atoms with Gasteiger partial charge in [0.25, 0.3) is 0 Å². The summed E-state index contributed by atoms with van der Waals surface area (Å²) in [7, 11) is -2.05. The zero-order valence-electron chi connectivity index (χ0n) is 26.2. The molecule has 0 fully saturated rings. The van der Waals surface area contributed by atoms with Crippen molar-refractivity contribution in [3.05, 3.63) is 172 Å². The summed E-state index contributed by atoms with van der Waals surface area (Å²) in [6.07, 6.45) is 0. The molecule has 1 aliphatic rings. The Hall–Kier alpha value is -4.34. The number of benzene rings is 5. The number of allylic oxidation sites excluding steroid dienone is 2. The lowest BCUT2D eigenvalue weighted by Gasteiger charge is -2.49. The fraction of sp³-hybridized carbons (Fsp3) is 0.150. The summed E-state index contributed by atoms with van der Waals surface area (Å²) in [6, 6.07) is 49.1. The van der Waals surface area contributed by atoms with Crippen molar-refractivity contribution in [2.45, 2.75) is 40.4 Å². The van der Waals surface area contributed by atoms with Crippen LogP contribution in [0.2, 0.25) is 19.6 Å². The summed E-state index contributed by atoms with van der Waals surface area (Å²) >= 11 is 0. The fourth-order valence-corrected chi connectivity index (χ4v) is 8.92. The lowest BCUT2D eigenvalue weighted by molar-refractivity contribution is 0.903. The van der Waals surface area contributed by atoms with Crippen molar-refractivity contribution in [3.8, 4) is 0 Å². The van der Waals surface area contributed by atoms with Crippen LogP contribution in [0.5, 0.6) is 0 Å². The van der Waals surface area contributed by atoms with Crippen molar-refractivity contribution in [1.82, 2.24) is 4.48 Å². The first-order chi connectivity index (χ1) is 20.8. The highest BCUT2D eigenvalue weighted by Gasteiger charge is 2.46. The van der Waals surface area contributed by atoms with E-state index in [1.165, 1.54) is 66.7 Å². The van der Waals surface area contributed by atoms with Crippen LogP contribution in [0, 0.1) is 20.8 Å². The van der Waals surface area contributed by atoms with E-state index in [-0.39, 0.29) is 6.85 Å². The maximum atomic E-state index is 2.85. The number of rotatable bonds is 6. The van der Waals surface area contributed by atoms with Gasteiger partial charge in [0.05, 0.1) is 0 Å². The Morgan fingerprint density at radius 2 is 0.884 bits per heavy atom. The molecule has 6 rings (SSSR count). The van der Waals surface area contributed by atoms with Gasteiger partial charge < -0.3 is 4.48 Å². The molecule has 0 saturated heterocycles. The van der Waals surface area contributed by atoms with Crippen LogP contribution >= 0.6 is 0 Å². The Morgan fingerprint density at radius 1 is 0.488 bits per heavy atom. The van der Waals surface area contributed by atoms with Crippen LogP contribution in [0.4, 0.5) is 0 Å². The molecule has 5 aromatic carbocycles. The third-order valence-electron chi connectivity index (χ3n) is 8.52. The van der Waals surface area contributed by atoms with E-state index in [2.05, 4.69) is 178 Å². The zero-order chi connectivity index (χ0) is 30.1. The summed E-state index contributed by atoms with van der Waals surface area (Å²) in [5.74, 6) is 0. The Kier molecular flexibility index (Phi) is 7.85. The average molecular weight is 574 g/mol. The molecule has 212 valence electrons. The lowest BCUT2D eigenvalue weighted by atomic mass is 9.43. The van der Waals surface area contributed by atoms with Gasteiger partial charge >= 0.3 is 6.85 Å². The molecule has 1 aliphatic heterocycles. The molecule has 0 radical (unpaired) electrons. The molecular weight excluding hydrogens is 533 g/mol. The minimum Gasteiger partial charge on any atom is -0.434 e. The van der Waals surface area contributed by atoms with Crippen molar-refractivity contribution in [2.24, 2.45) is 0 Å². The van der Waals surface area contributed by atoms with Crippen LogP contribution in [0.25, 0.3) is 22.3 Å². The number of hydrogen-bond donors (Lipinski definition) is 0. The van der Waals surface area contributed by atoms with Crippen molar-refractivity contribution >= 4 is 42.9 Å². The first kappa shape index (κ1) is 28.8. The lowest BCUT2D eigenvalue weighted by Crippen LogP contribution is -2.61. The molecule has 0 atom stereocenters. The largest absolute Gasteiger partial charge is 0.434 e. The fourth-order valence-electron chi connectivity index (χ4n) is 6.98. The van der Waals surface area contributed by atoms with E-state index in [4.69, 9.17) is 0 Å². The summed E-state index contributed by atoms with van der Waals surface area (Å²) in [6.45, 7) is 14.4. The van der Waals surface area contributed by atoms with Crippen molar-refractivity contribution < 1.29 is 0 Å². The smallest absolute Gasteiger partial charge is 0.316 e. The van der Waals surface area contributed by atoms with E-state index in [1.807, 2.05) is 0 Å². The number of nitrogens with zero attached hydrogens (tertiary/aromatic N) is 1. The molecule has 0 N–H and O–H groups in total. The molecule has 0 aromatic heterocycles. The van der Waals surface area contributed by atoms with Crippen LogP contribution in [0.3, 0.4) is 0 Å². The van der Waals surface area contributed by atoms with Gasteiger partial charge in [-0.15, -0.1) is 0 Å². The average Bonchev–Trinajstić information content (AvgIpc) is 3.01. The predicted octanol–water partition coefficient (Wildman–Crippen LogP) is 9.68. The van der Waals surface area contributed by atoms with Gasteiger partial charge in [-0.1, -0.05) is 170 Å².